The summed E-state index contributed by atoms with van der Waals surface area (Å²) in [6.07, 6.45) is 3.78. The van der Waals surface area contributed by atoms with Crippen LogP contribution in [0.5, 0.6) is 0 Å². The fraction of sp³-hybridized carbons (Fsp3) is 0.0769. The van der Waals surface area contributed by atoms with Crippen molar-refractivity contribution in [1.29, 1.82) is 0 Å². The van der Waals surface area contributed by atoms with Gasteiger partial charge in [0.25, 0.3) is 0 Å². The highest BCUT2D eigenvalue weighted by atomic mass is 32.1. The van der Waals surface area contributed by atoms with Crippen LogP contribution in [0.2, 0.25) is 0 Å². The monoisotopic (exact) mass is 273 g/mol. The Kier molecular flexibility index (Phi) is 3.82. The molecular formula is C13H15N5S. The Morgan fingerprint density at radius 2 is 2.21 bits per heavy atom. The van der Waals surface area contributed by atoms with Crippen LogP contribution in [-0.4, -0.2) is 18.6 Å². The van der Waals surface area contributed by atoms with Crippen LogP contribution in [0, 0.1) is 0 Å². The van der Waals surface area contributed by atoms with Crippen molar-refractivity contribution in [2.75, 3.05) is 7.05 Å². The average molecular weight is 273 g/mol. The van der Waals surface area contributed by atoms with E-state index < -0.39 is 0 Å². The fourth-order valence-corrected chi connectivity index (χ4v) is 2.27. The average Bonchev–Trinajstić information content (AvgIpc) is 2.91. The summed E-state index contributed by atoms with van der Waals surface area (Å²) < 4.78 is 0. The molecule has 0 fully saturated rings. The molecule has 0 aromatic carbocycles. The smallest absolute Gasteiger partial charge is 0.165 e. The summed E-state index contributed by atoms with van der Waals surface area (Å²) in [4.78, 5) is 9.68. The van der Waals surface area contributed by atoms with Gasteiger partial charge < -0.3 is 16.8 Å². The summed E-state index contributed by atoms with van der Waals surface area (Å²) in [5.41, 5.74) is 13.0. The first-order valence-electron chi connectivity index (χ1n) is 5.63. The van der Waals surface area contributed by atoms with Crippen LogP contribution in [-0.2, 0) is 0 Å². The van der Waals surface area contributed by atoms with Gasteiger partial charge >= 0.3 is 0 Å². The SMILES string of the molecule is C=C(N)/N=C1/N=C(c2cccs2)C=C/C1=C(/N)NC. The number of thiophene rings is 1. The van der Waals surface area contributed by atoms with Crippen LogP contribution in [0.4, 0.5) is 0 Å². The molecule has 2 heterocycles. The number of allylic oxidation sites excluding steroid dienone is 1. The van der Waals surface area contributed by atoms with Crippen LogP contribution in [0.3, 0.4) is 0 Å². The highest BCUT2D eigenvalue weighted by molar-refractivity contribution is 7.12. The van der Waals surface area contributed by atoms with Gasteiger partial charge in [0, 0.05) is 7.05 Å². The van der Waals surface area contributed by atoms with E-state index in [9.17, 15) is 0 Å². The Labute approximate surface area is 115 Å². The number of rotatable bonds is 3. The third kappa shape index (κ3) is 2.92. The number of nitrogens with two attached hydrogens (primary N) is 2. The van der Waals surface area contributed by atoms with E-state index in [1.165, 1.54) is 0 Å². The molecule has 1 aliphatic heterocycles. The molecule has 0 spiro atoms. The minimum atomic E-state index is 0.195. The second-order valence-corrected chi connectivity index (χ2v) is 4.76. The molecule has 0 bridgehead atoms. The van der Waals surface area contributed by atoms with E-state index in [-0.39, 0.29) is 5.82 Å². The maximum Gasteiger partial charge on any atom is 0.165 e. The number of aliphatic imine (C=N–C) groups is 2. The van der Waals surface area contributed by atoms with Crippen LogP contribution >= 0.6 is 11.3 Å². The van der Waals surface area contributed by atoms with E-state index in [1.54, 1.807) is 18.4 Å². The maximum atomic E-state index is 5.88. The highest BCUT2D eigenvalue weighted by Gasteiger charge is 2.15. The minimum Gasteiger partial charge on any atom is -0.385 e. The van der Waals surface area contributed by atoms with E-state index in [4.69, 9.17) is 11.5 Å². The molecule has 5 nitrogen and oxygen atoms in total. The zero-order chi connectivity index (χ0) is 13.8. The lowest BCUT2D eigenvalue weighted by Crippen LogP contribution is -2.22. The van der Waals surface area contributed by atoms with E-state index in [0.29, 0.717) is 17.2 Å². The summed E-state index contributed by atoms with van der Waals surface area (Å²) in [6.45, 7) is 3.57. The van der Waals surface area contributed by atoms with Crippen molar-refractivity contribution >= 4 is 22.9 Å². The van der Waals surface area contributed by atoms with Crippen molar-refractivity contribution in [3.8, 4) is 0 Å². The molecule has 19 heavy (non-hydrogen) atoms. The minimum absolute atomic E-state index is 0.195. The zero-order valence-electron chi connectivity index (χ0n) is 10.6. The van der Waals surface area contributed by atoms with Crippen LogP contribution in [0.15, 0.2) is 63.4 Å². The Hall–Kier alpha value is -2.34. The lowest BCUT2D eigenvalue weighted by Gasteiger charge is -2.13. The molecule has 0 saturated carbocycles. The predicted octanol–water partition coefficient (Wildman–Crippen LogP) is 1.33. The first kappa shape index (κ1) is 13.1. The molecule has 1 aliphatic rings. The molecule has 0 radical (unpaired) electrons. The number of nitrogens with zero attached hydrogens (tertiary/aromatic N) is 2. The van der Waals surface area contributed by atoms with Crippen LogP contribution < -0.4 is 16.8 Å². The molecular weight excluding hydrogens is 258 g/mol. The molecule has 0 atom stereocenters. The van der Waals surface area contributed by atoms with Gasteiger partial charge in [0.2, 0.25) is 0 Å². The number of dihydropyridines is 1. The molecule has 5 N–H and O–H groups in total. The van der Waals surface area contributed by atoms with Gasteiger partial charge in [0.15, 0.2) is 5.84 Å². The first-order chi connectivity index (χ1) is 9.11. The second-order valence-electron chi connectivity index (χ2n) is 3.81. The molecule has 0 aliphatic carbocycles. The van der Waals surface area contributed by atoms with Gasteiger partial charge in [-0.25, -0.2) is 9.98 Å². The largest absolute Gasteiger partial charge is 0.385 e. The molecule has 98 valence electrons. The first-order valence-corrected chi connectivity index (χ1v) is 6.51. The van der Waals surface area contributed by atoms with E-state index in [1.807, 2.05) is 29.7 Å². The van der Waals surface area contributed by atoms with Crippen LogP contribution in [0.1, 0.15) is 4.88 Å². The topological polar surface area (TPSA) is 88.8 Å². The van der Waals surface area contributed by atoms with Crippen molar-refractivity contribution in [3.63, 3.8) is 0 Å². The number of hydrogen-bond acceptors (Lipinski definition) is 5. The van der Waals surface area contributed by atoms with Gasteiger partial charge in [-0.1, -0.05) is 12.6 Å². The van der Waals surface area contributed by atoms with E-state index in [0.717, 1.165) is 10.6 Å². The van der Waals surface area contributed by atoms with Crippen molar-refractivity contribution in [1.82, 2.24) is 5.32 Å². The Bertz CT molecular complexity index is 605. The molecule has 0 unspecified atom stereocenters. The standard InChI is InChI=1S/C13H15N5S/c1-8(14)17-13-9(12(15)16-2)5-6-10(18-13)11-4-3-7-19-11/h3-7,16H,1,14-15H2,2H3/b12-9+,17-13+. The molecule has 1 aromatic rings. The van der Waals surface area contributed by atoms with Crippen molar-refractivity contribution in [3.05, 3.63) is 58.3 Å². The lowest BCUT2D eigenvalue weighted by atomic mass is 10.1. The molecule has 0 amide bonds. The Morgan fingerprint density at radius 3 is 2.79 bits per heavy atom. The summed E-state index contributed by atoms with van der Waals surface area (Å²) in [5.74, 6) is 1.15. The van der Waals surface area contributed by atoms with Gasteiger partial charge in [-0.05, 0) is 23.6 Å². The maximum absolute atomic E-state index is 5.88. The van der Waals surface area contributed by atoms with Crippen molar-refractivity contribution < 1.29 is 0 Å². The molecule has 1 aromatic heterocycles. The quantitative estimate of drug-likeness (QED) is 0.776. The third-order valence-corrected chi connectivity index (χ3v) is 3.35. The summed E-state index contributed by atoms with van der Waals surface area (Å²) in [5, 5.41) is 4.87. The number of amidine groups is 1. The van der Waals surface area contributed by atoms with Gasteiger partial charge in [-0.15, -0.1) is 11.3 Å². The summed E-state index contributed by atoms with van der Waals surface area (Å²) >= 11 is 1.61. The number of nitrogens with one attached hydrogen (secondary N) is 1. The fourth-order valence-electron chi connectivity index (χ4n) is 1.58. The number of hydrogen-bond donors (Lipinski definition) is 3. The van der Waals surface area contributed by atoms with E-state index in [2.05, 4.69) is 21.9 Å². The molecule has 0 saturated heterocycles. The highest BCUT2D eigenvalue weighted by Crippen LogP contribution is 2.18. The van der Waals surface area contributed by atoms with E-state index >= 15 is 0 Å². The van der Waals surface area contributed by atoms with Gasteiger partial charge in [-0.3, -0.25) is 0 Å². The predicted molar refractivity (Wildman–Crippen MR) is 81.0 cm³/mol. The summed E-state index contributed by atoms with van der Waals surface area (Å²) in [6, 6.07) is 3.97. The molecule has 2 rings (SSSR count). The normalized spacial score (nSPS) is 19.2. The Morgan fingerprint density at radius 1 is 1.42 bits per heavy atom. The van der Waals surface area contributed by atoms with Crippen molar-refractivity contribution in [2.24, 2.45) is 21.5 Å². The molecule has 6 heteroatoms. The second kappa shape index (κ2) is 5.53. The lowest BCUT2D eigenvalue weighted by molar-refractivity contribution is 0.955. The van der Waals surface area contributed by atoms with Gasteiger partial charge in [0.1, 0.15) is 11.6 Å². The van der Waals surface area contributed by atoms with Crippen LogP contribution in [0.25, 0.3) is 0 Å². The zero-order valence-corrected chi connectivity index (χ0v) is 11.4. The van der Waals surface area contributed by atoms with Gasteiger partial charge in [0.05, 0.1) is 16.2 Å². The van der Waals surface area contributed by atoms with Crippen molar-refractivity contribution in [2.45, 2.75) is 0 Å². The van der Waals surface area contributed by atoms with Gasteiger partial charge in [-0.2, -0.15) is 0 Å². The third-order valence-electron chi connectivity index (χ3n) is 2.46. The summed E-state index contributed by atoms with van der Waals surface area (Å²) in [7, 11) is 1.74. The Balaban J connectivity index is 2.48.